The first-order valence-electron chi connectivity index (χ1n) is 9.42. The highest BCUT2D eigenvalue weighted by Crippen LogP contribution is 2.34. The fraction of sp³-hybridized carbons (Fsp3) is 0.381. The van der Waals surface area contributed by atoms with Crippen LogP contribution in [0.25, 0.3) is 6.20 Å². The van der Waals surface area contributed by atoms with Crippen molar-refractivity contribution >= 4 is 23.5 Å². The zero-order valence-electron chi connectivity index (χ0n) is 15.2. The Morgan fingerprint density at radius 1 is 1.30 bits per heavy atom. The summed E-state index contributed by atoms with van der Waals surface area (Å²) in [5.41, 5.74) is 2.71. The van der Waals surface area contributed by atoms with Crippen molar-refractivity contribution in [2.45, 2.75) is 31.3 Å². The van der Waals surface area contributed by atoms with E-state index >= 15 is 0 Å². The van der Waals surface area contributed by atoms with Gasteiger partial charge in [-0.2, -0.15) is 0 Å². The summed E-state index contributed by atoms with van der Waals surface area (Å²) in [5, 5.41) is 9.00. The topological polar surface area (TPSA) is 39.7 Å². The van der Waals surface area contributed by atoms with Crippen LogP contribution in [0.15, 0.2) is 35.3 Å². The van der Waals surface area contributed by atoms with Gasteiger partial charge in [-0.1, -0.05) is 23.7 Å². The maximum Gasteiger partial charge on any atom is 0.151 e. The molecule has 2 fully saturated rings. The average Bonchev–Trinajstić information content (AvgIpc) is 3.45. The lowest BCUT2D eigenvalue weighted by atomic mass is 9.81. The van der Waals surface area contributed by atoms with Gasteiger partial charge < -0.3 is 15.5 Å². The molecule has 0 spiro atoms. The molecule has 0 aromatic heterocycles. The van der Waals surface area contributed by atoms with Crippen LogP contribution in [0.2, 0.25) is 5.02 Å². The third kappa shape index (κ3) is 2.89. The zero-order chi connectivity index (χ0) is 18.6. The molecule has 0 amide bonds. The molecule has 140 valence electrons. The summed E-state index contributed by atoms with van der Waals surface area (Å²) in [6.45, 7) is 4.13. The number of nitrogens with one attached hydrogen (secondary N) is 2. The maximum atomic E-state index is 14.7. The summed E-state index contributed by atoms with van der Waals surface area (Å²) in [4.78, 5) is 6.67. The zero-order valence-corrected chi connectivity index (χ0v) is 16.0. The molecule has 0 bridgehead atoms. The fourth-order valence-electron chi connectivity index (χ4n) is 4.08. The maximum absolute atomic E-state index is 14.7. The molecular formula is C21H22ClFN4. The molecule has 2 aromatic carbocycles. The molecule has 2 heterocycles. The van der Waals surface area contributed by atoms with Crippen molar-refractivity contribution in [2.75, 3.05) is 25.1 Å². The molecule has 1 saturated heterocycles. The molecule has 3 aliphatic rings. The van der Waals surface area contributed by atoms with Crippen LogP contribution in [0.3, 0.4) is 0 Å². The Hall–Kier alpha value is -2.11. The molecule has 1 saturated carbocycles. The number of benzene rings is 2. The van der Waals surface area contributed by atoms with E-state index in [0.717, 1.165) is 40.1 Å². The van der Waals surface area contributed by atoms with Gasteiger partial charge in [0, 0.05) is 41.3 Å². The van der Waals surface area contributed by atoms with Crippen molar-refractivity contribution < 1.29 is 4.39 Å². The molecule has 2 aliphatic heterocycles. The summed E-state index contributed by atoms with van der Waals surface area (Å²) in [7, 11) is 0. The largest absolute Gasteiger partial charge is 0.373 e. The monoisotopic (exact) mass is 384 g/mol. The van der Waals surface area contributed by atoms with E-state index in [-0.39, 0.29) is 11.4 Å². The molecule has 4 nitrogen and oxygen atoms in total. The van der Waals surface area contributed by atoms with Gasteiger partial charge in [0.15, 0.2) is 5.82 Å². The molecular weight excluding hydrogens is 363 g/mol. The van der Waals surface area contributed by atoms with Gasteiger partial charge in [-0.15, -0.1) is 0 Å². The molecule has 5 rings (SSSR count). The Morgan fingerprint density at radius 2 is 2.11 bits per heavy atom. The minimum atomic E-state index is -0.280. The number of rotatable bonds is 4. The van der Waals surface area contributed by atoms with Gasteiger partial charge in [-0.05, 0) is 49.1 Å². The molecule has 27 heavy (non-hydrogen) atoms. The van der Waals surface area contributed by atoms with Gasteiger partial charge in [0.05, 0.1) is 5.54 Å². The van der Waals surface area contributed by atoms with Crippen molar-refractivity contribution in [3.05, 3.63) is 62.9 Å². The van der Waals surface area contributed by atoms with E-state index in [1.165, 1.54) is 12.8 Å². The molecule has 0 atom stereocenters. The van der Waals surface area contributed by atoms with E-state index in [0.29, 0.717) is 18.1 Å². The van der Waals surface area contributed by atoms with E-state index in [1.54, 1.807) is 6.07 Å². The second-order valence-electron chi connectivity index (χ2n) is 7.79. The third-order valence-electron chi connectivity index (χ3n) is 5.83. The van der Waals surface area contributed by atoms with Gasteiger partial charge in [-0.25, -0.2) is 4.39 Å². The lowest BCUT2D eigenvalue weighted by molar-refractivity contribution is 0.316. The van der Waals surface area contributed by atoms with E-state index in [9.17, 15) is 4.39 Å². The van der Waals surface area contributed by atoms with E-state index < -0.39 is 0 Å². The number of hydrogen-bond acceptors (Lipinski definition) is 4. The number of anilines is 1. The molecule has 1 aliphatic carbocycles. The number of halogens is 2. The molecule has 2 aromatic rings. The fourth-order valence-corrected chi connectivity index (χ4v) is 4.25. The van der Waals surface area contributed by atoms with Gasteiger partial charge in [0.2, 0.25) is 0 Å². The summed E-state index contributed by atoms with van der Waals surface area (Å²) >= 11 is 6.34. The highest BCUT2D eigenvalue weighted by molar-refractivity contribution is 6.31. The summed E-state index contributed by atoms with van der Waals surface area (Å²) in [6, 6.07) is 10.1. The van der Waals surface area contributed by atoms with Crippen molar-refractivity contribution in [3.8, 4) is 0 Å². The Morgan fingerprint density at radius 3 is 2.81 bits per heavy atom. The minimum absolute atomic E-state index is 0.271. The second kappa shape index (κ2) is 6.21. The first-order chi connectivity index (χ1) is 13.1. The van der Waals surface area contributed by atoms with Crippen molar-refractivity contribution in [2.24, 2.45) is 4.99 Å². The summed E-state index contributed by atoms with van der Waals surface area (Å²) in [6.07, 6.45) is 4.46. The predicted octanol–water partition coefficient (Wildman–Crippen LogP) is 2.49. The van der Waals surface area contributed by atoms with Crippen LogP contribution in [0.5, 0.6) is 0 Å². The minimum Gasteiger partial charge on any atom is -0.373 e. The predicted molar refractivity (Wildman–Crippen MR) is 106 cm³/mol. The average molecular weight is 385 g/mol. The smallest absolute Gasteiger partial charge is 0.151 e. The van der Waals surface area contributed by atoms with Gasteiger partial charge in [-0.3, -0.25) is 4.99 Å². The Bertz CT molecular complexity index is 1030. The van der Waals surface area contributed by atoms with E-state index in [4.69, 9.17) is 11.6 Å². The van der Waals surface area contributed by atoms with Crippen LogP contribution in [-0.4, -0.2) is 30.7 Å². The number of hydrogen-bond donors (Lipinski definition) is 2. The first kappa shape index (κ1) is 17.0. The third-order valence-corrected chi connectivity index (χ3v) is 6.24. The molecule has 6 heteroatoms. The second-order valence-corrected chi connectivity index (χ2v) is 8.20. The van der Waals surface area contributed by atoms with Gasteiger partial charge in [0.1, 0.15) is 12.0 Å². The number of fused-ring (bicyclic) bond motifs is 1. The molecule has 2 N–H and O–H groups in total. The SMILES string of the molecule is Cc1c(Cl)cccc1C1(Nc2cc(F)c3c(c2)=CN(C2CC2)CN=3)CNC1. The molecule has 0 unspecified atom stereocenters. The Labute approximate surface area is 162 Å². The van der Waals surface area contributed by atoms with Crippen LogP contribution in [0, 0.1) is 12.7 Å². The van der Waals surface area contributed by atoms with Crippen LogP contribution in [0.1, 0.15) is 24.0 Å². The van der Waals surface area contributed by atoms with Crippen LogP contribution >= 0.6 is 11.6 Å². The Balaban J connectivity index is 1.54. The summed E-state index contributed by atoms with van der Waals surface area (Å²) in [5.74, 6) is -0.271. The van der Waals surface area contributed by atoms with Crippen molar-refractivity contribution in [1.82, 2.24) is 10.2 Å². The highest BCUT2D eigenvalue weighted by atomic mass is 35.5. The van der Waals surface area contributed by atoms with Crippen molar-refractivity contribution in [3.63, 3.8) is 0 Å². The lowest BCUT2D eigenvalue weighted by Crippen LogP contribution is -2.62. The first-order valence-corrected chi connectivity index (χ1v) is 9.80. The highest BCUT2D eigenvalue weighted by Gasteiger charge is 2.40. The quantitative estimate of drug-likeness (QED) is 0.850. The summed E-state index contributed by atoms with van der Waals surface area (Å²) < 4.78 is 14.7. The normalized spacial score (nSPS) is 20.2. The van der Waals surface area contributed by atoms with E-state index in [1.807, 2.05) is 25.1 Å². The van der Waals surface area contributed by atoms with E-state index in [2.05, 4.69) is 32.8 Å². The van der Waals surface area contributed by atoms with Gasteiger partial charge in [0.25, 0.3) is 0 Å². The Kier molecular flexibility index (Phi) is 3.92. The van der Waals surface area contributed by atoms with Crippen LogP contribution in [0.4, 0.5) is 10.1 Å². The van der Waals surface area contributed by atoms with Crippen LogP contribution < -0.4 is 21.2 Å². The van der Waals surface area contributed by atoms with Gasteiger partial charge >= 0.3 is 0 Å². The lowest BCUT2D eigenvalue weighted by Gasteiger charge is -2.45. The molecule has 0 radical (unpaired) electrons. The number of nitrogens with zero attached hydrogens (tertiary/aromatic N) is 2. The van der Waals surface area contributed by atoms with Crippen molar-refractivity contribution in [1.29, 1.82) is 0 Å². The standard InChI is InChI=1S/C21H22ClFN4/c1-13-17(3-2-4-18(13)22)21(10-24-11-21)26-15-7-14-9-27(16-5-6-16)12-25-20(14)19(23)8-15/h2-4,7-9,16,24,26H,5-6,10-12H2,1H3. The van der Waals surface area contributed by atoms with Crippen LogP contribution in [-0.2, 0) is 5.54 Å².